The van der Waals surface area contributed by atoms with E-state index >= 15 is 0 Å². The Hall–Kier alpha value is -0.640. The zero-order chi connectivity index (χ0) is 11.5. The molecule has 1 aromatic rings. The van der Waals surface area contributed by atoms with Gasteiger partial charge in [0.05, 0.1) is 0 Å². The quantitative estimate of drug-likeness (QED) is 0.876. The lowest BCUT2D eigenvalue weighted by Gasteiger charge is -2.32. The molecule has 0 spiro atoms. The first kappa shape index (κ1) is 14.4. The Labute approximate surface area is 109 Å². The van der Waals surface area contributed by atoms with Crippen LogP contribution in [0.4, 0.5) is 4.39 Å². The third kappa shape index (κ3) is 3.95. The minimum atomic E-state index is -0.135. The van der Waals surface area contributed by atoms with Gasteiger partial charge in [-0.05, 0) is 37.1 Å². The Kier molecular flexibility index (Phi) is 5.37. The topological polar surface area (TPSA) is 15.3 Å². The molecule has 1 saturated heterocycles. The number of hydrogen-bond donors (Lipinski definition) is 1. The highest BCUT2D eigenvalue weighted by molar-refractivity contribution is 5.85. The lowest BCUT2D eigenvalue weighted by molar-refractivity contribution is 0.199. The standard InChI is InChI=1S/C13H19FN2.ClH/c1-10-3-4-13(14)7-12(10)9-16-6-5-15-11(2)8-16;/h3-4,7,11,15H,5-6,8-9H2,1-2H3;1H. The lowest BCUT2D eigenvalue weighted by Crippen LogP contribution is -2.48. The molecule has 1 aliphatic rings. The molecule has 1 N–H and O–H groups in total. The second-order valence-electron chi connectivity index (χ2n) is 4.66. The molecule has 4 heteroatoms. The van der Waals surface area contributed by atoms with E-state index < -0.39 is 0 Å². The van der Waals surface area contributed by atoms with E-state index in [1.165, 1.54) is 11.6 Å². The van der Waals surface area contributed by atoms with Gasteiger partial charge in [-0.3, -0.25) is 4.90 Å². The van der Waals surface area contributed by atoms with Crippen molar-refractivity contribution < 1.29 is 4.39 Å². The summed E-state index contributed by atoms with van der Waals surface area (Å²) in [6.45, 7) is 8.19. The van der Waals surface area contributed by atoms with Crippen molar-refractivity contribution in [1.29, 1.82) is 0 Å². The molecule has 0 amide bonds. The van der Waals surface area contributed by atoms with Crippen LogP contribution in [0, 0.1) is 12.7 Å². The molecule has 1 aromatic carbocycles. The number of halogens is 2. The van der Waals surface area contributed by atoms with E-state index in [9.17, 15) is 4.39 Å². The minimum absolute atomic E-state index is 0. The normalized spacial score (nSPS) is 21.0. The Morgan fingerprint density at radius 1 is 1.47 bits per heavy atom. The van der Waals surface area contributed by atoms with Crippen molar-refractivity contribution in [2.45, 2.75) is 26.4 Å². The zero-order valence-corrected chi connectivity index (χ0v) is 11.2. The van der Waals surface area contributed by atoms with Crippen LogP contribution in [0.15, 0.2) is 18.2 Å². The molecule has 17 heavy (non-hydrogen) atoms. The van der Waals surface area contributed by atoms with E-state index in [4.69, 9.17) is 0 Å². The van der Waals surface area contributed by atoms with E-state index in [1.807, 2.05) is 13.0 Å². The highest BCUT2D eigenvalue weighted by atomic mass is 35.5. The van der Waals surface area contributed by atoms with Gasteiger partial charge >= 0.3 is 0 Å². The van der Waals surface area contributed by atoms with Gasteiger partial charge in [0, 0.05) is 32.2 Å². The molecule has 2 nitrogen and oxygen atoms in total. The SMILES string of the molecule is Cc1ccc(F)cc1CN1CCNC(C)C1.Cl. The molecule has 0 aromatic heterocycles. The van der Waals surface area contributed by atoms with Crippen molar-refractivity contribution in [1.82, 2.24) is 10.2 Å². The predicted octanol–water partition coefficient (Wildman–Crippen LogP) is 2.35. The molecule has 0 bridgehead atoms. The summed E-state index contributed by atoms with van der Waals surface area (Å²) in [4.78, 5) is 2.38. The molecule has 1 unspecified atom stereocenters. The number of nitrogens with one attached hydrogen (secondary N) is 1. The molecule has 1 atom stereocenters. The van der Waals surface area contributed by atoms with Gasteiger partial charge in [0.1, 0.15) is 5.82 Å². The Bertz CT molecular complexity index is 370. The second kappa shape index (κ2) is 6.34. The smallest absolute Gasteiger partial charge is 0.123 e. The van der Waals surface area contributed by atoms with Crippen LogP contribution in [0.5, 0.6) is 0 Å². The van der Waals surface area contributed by atoms with Crippen LogP contribution >= 0.6 is 12.4 Å². The van der Waals surface area contributed by atoms with Crippen molar-refractivity contribution in [3.05, 3.63) is 35.1 Å². The maximum atomic E-state index is 13.1. The Morgan fingerprint density at radius 3 is 2.94 bits per heavy atom. The summed E-state index contributed by atoms with van der Waals surface area (Å²) in [5, 5.41) is 3.41. The summed E-state index contributed by atoms with van der Waals surface area (Å²) >= 11 is 0. The molecule has 1 fully saturated rings. The summed E-state index contributed by atoms with van der Waals surface area (Å²) in [7, 11) is 0. The summed E-state index contributed by atoms with van der Waals surface area (Å²) in [5.41, 5.74) is 2.28. The van der Waals surface area contributed by atoms with Crippen molar-refractivity contribution in [3.63, 3.8) is 0 Å². The maximum absolute atomic E-state index is 13.1. The van der Waals surface area contributed by atoms with Crippen molar-refractivity contribution in [3.8, 4) is 0 Å². The number of aryl methyl sites for hydroxylation is 1. The molecule has 1 aliphatic heterocycles. The highest BCUT2D eigenvalue weighted by Gasteiger charge is 2.16. The third-order valence-electron chi connectivity index (χ3n) is 3.16. The Morgan fingerprint density at radius 2 is 2.24 bits per heavy atom. The van der Waals surface area contributed by atoms with E-state index in [0.717, 1.165) is 31.7 Å². The van der Waals surface area contributed by atoms with Crippen LogP contribution in [0.2, 0.25) is 0 Å². The summed E-state index contributed by atoms with van der Waals surface area (Å²) in [6, 6.07) is 5.57. The molecule has 1 heterocycles. The lowest BCUT2D eigenvalue weighted by atomic mass is 10.1. The summed E-state index contributed by atoms with van der Waals surface area (Å²) < 4.78 is 13.1. The van der Waals surface area contributed by atoms with Gasteiger partial charge in [0.15, 0.2) is 0 Å². The zero-order valence-electron chi connectivity index (χ0n) is 10.4. The number of hydrogen-bond acceptors (Lipinski definition) is 2. The summed E-state index contributed by atoms with van der Waals surface area (Å²) in [5.74, 6) is -0.135. The van der Waals surface area contributed by atoms with Crippen LogP contribution in [0.3, 0.4) is 0 Å². The molecule has 0 radical (unpaired) electrons. The van der Waals surface area contributed by atoms with E-state index in [1.54, 1.807) is 6.07 Å². The van der Waals surface area contributed by atoms with Crippen LogP contribution in [-0.2, 0) is 6.54 Å². The fourth-order valence-corrected chi connectivity index (χ4v) is 2.21. The fourth-order valence-electron chi connectivity index (χ4n) is 2.21. The first-order valence-corrected chi connectivity index (χ1v) is 5.86. The van der Waals surface area contributed by atoms with Gasteiger partial charge in [-0.2, -0.15) is 0 Å². The number of nitrogens with zero attached hydrogens (tertiary/aromatic N) is 1. The number of benzene rings is 1. The fraction of sp³-hybridized carbons (Fsp3) is 0.538. The van der Waals surface area contributed by atoms with Crippen molar-refractivity contribution >= 4 is 12.4 Å². The molecule has 96 valence electrons. The number of rotatable bonds is 2. The van der Waals surface area contributed by atoms with E-state index in [2.05, 4.69) is 17.1 Å². The number of piperazine rings is 1. The van der Waals surface area contributed by atoms with E-state index in [0.29, 0.717) is 6.04 Å². The van der Waals surface area contributed by atoms with Crippen molar-refractivity contribution in [2.75, 3.05) is 19.6 Å². The van der Waals surface area contributed by atoms with Gasteiger partial charge in [-0.15, -0.1) is 12.4 Å². The molecular weight excluding hydrogens is 239 g/mol. The predicted molar refractivity (Wildman–Crippen MR) is 71.1 cm³/mol. The molecule has 2 rings (SSSR count). The first-order chi connectivity index (χ1) is 7.65. The highest BCUT2D eigenvalue weighted by Crippen LogP contribution is 2.14. The first-order valence-electron chi connectivity index (χ1n) is 5.86. The van der Waals surface area contributed by atoms with Gasteiger partial charge in [-0.25, -0.2) is 4.39 Å². The molecule has 0 saturated carbocycles. The van der Waals surface area contributed by atoms with Gasteiger partial charge < -0.3 is 5.32 Å². The Balaban J connectivity index is 0.00000144. The largest absolute Gasteiger partial charge is 0.312 e. The van der Waals surface area contributed by atoms with Gasteiger partial charge in [-0.1, -0.05) is 6.07 Å². The van der Waals surface area contributed by atoms with Crippen LogP contribution in [0.25, 0.3) is 0 Å². The van der Waals surface area contributed by atoms with Crippen molar-refractivity contribution in [2.24, 2.45) is 0 Å². The van der Waals surface area contributed by atoms with E-state index in [-0.39, 0.29) is 18.2 Å². The summed E-state index contributed by atoms with van der Waals surface area (Å²) in [6.07, 6.45) is 0. The molecule has 0 aliphatic carbocycles. The third-order valence-corrected chi connectivity index (χ3v) is 3.16. The molecular formula is C13H20ClFN2. The van der Waals surface area contributed by atoms with Crippen LogP contribution in [0.1, 0.15) is 18.1 Å². The van der Waals surface area contributed by atoms with Gasteiger partial charge in [0.25, 0.3) is 0 Å². The average Bonchev–Trinajstić information content (AvgIpc) is 2.24. The maximum Gasteiger partial charge on any atom is 0.123 e. The minimum Gasteiger partial charge on any atom is -0.312 e. The van der Waals surface area contributed by atoms with Gasteiger partial charge in [0.2, 0.25) is 0 Å². The average molecular weight is 259 g/mol. The van der Waals surface area contributed by atoms with Crippen LogP contribution in [-0.4, -0.2) is 30.6 Å². The monoisotopic (exact) mass is 258 g/mol. The van der Waals surface area contributed by atoms with Crippen LogP contribution < -0.4 is 5.32 Å². The second-order valence-corrected chi connectivity index (χ2v) is 4.66.